The molecule has 2 amide bonds. The van der Waals surface area contributed by atoms with Crippen LogP contribution in [0.5, 0.6) is 0 Å². The van der Waals surface area contributed by atoms with Gasteiger partial charge in [-0.1, -0.05) is 41.4 Å². The Labute approximate surface area is 234 Å². The van der Waals surface area contributed by atoms with Gasteiger partial charge >= 0.3 is 5.97 Å². The second-order valence-electron chi connectivity index (χ2n) is 10.5. The monoisotopic (exact) mass is 598 g/mol. The van der Waals surface area contributed by atoms with Crippen LogP contribution >= 0.6 is 27.7 Å². The molecule has 0 aliphatic carbocycles. The van der Waals surface area contributed by atoms with Crippen LogP contribution in [0.25, 0.3) is 0 Å². The second-order valence-corrected chi connectivity index (χ2v) is 13.2. The van der Waals surface area contributed by atoms with E-state index in [2.05, 4.69) is 36.0 Å². The fourth-order valence-corrected chi connectivity index (χ4v) is 9.92. The molecule has 3 heterocycles. The van der Waals surface area contributed by atoms with Gasteiger partial charge in [0.15, 0.2) is 0 Å². The highest BCUT2D eigenvalue weighted by Crippen LogP contribution is 2.68. The summed E-state index contributed by atoms with van der Waals surface area (Å²) in [6, 6.07) is -0.636. The summed E-state index contributed by atoms with van der Waals surface area (Å²) in [4.78, 5) is 45.3. The number of hydrogen-bond donors (Lipinski definition) is 1. The van der Waals surface area contributed by atoms with Crippen LogP contribution in [-0.4, -0.2) is 85.9 Å². The van der Waals surface area contributed by atoms with Gasteiger partial charge in [0, 0.05) is 35.8 Å². The molecule has 37 heavy (non-hydrogen) atoms. The minimum atomic E-state index is -0.676. The van der Waals surface area contributed by atoms with E-state index in [-0.39, 0.29) is 40.5 Å². The number of nitrogens with zero attached hydrogens (tertiary/aromatic N) is 2. The van der Waals surface area contributed by atoms with Gasteiger partial charge in [0.1, 0.15) is 6.04 Å². The van der Waals surface area contributed by atoms with E-state index in [0.717, 1.165) is 32.1 Å². The smallest absolute Gasteiger partial charge is 0.310 e. The van der Waals surface area contributed by atoms with Crippen molar-refractivity contribution < 1.29 is 24.2 Å². The van der Waals surface area contributed by atoms with Crippen molar-refractivity contribution in [2.45, 2.75) is 92.1 Å². The van der Waals surface area contributed by atoms with Gasteiger partial charge in [0.05, 0.1) is 23.2 Å². The third-order valence-electron chi connectivity index (χ3n) is 8.00. The maximum Gasteiger partial charge on any atom is 0.310 e. The molecule has 7 atom stereocenters. The van der Waals surface area contributed by atoms with E-state index >= 15 is 0 Å². The normalized spacial score (nSPS) is 30.8. The molecule has 0 saturated carbocycles. The summed E-state index contributed by atoms with van der Waals surface area (Å²) in [6.07, 6.45) is 9.73. The molecule has 3 fully saturated rings. The Kier molecular flexibility index (Phi) is 11.2. The van der Waals surface area contributed by atoms with Gasteiger partial charge in [-0.15, -0.1) is 24.9 Å². The predicted octanol–water partition coefficient (Wildman–Crippen LogP) is 4.33. The van der Waals surface area contributed by atoms with Crippen molar-refractivity contribution >= 4 is 45.5 Å². The summed E-state index contributed by atoms with van der Waals surface area (Å²) in [6.45, 7) is 12.9. The number of carbonyl (C=O) groups is 3. The first-order valence-corrected chi connectivity index (χ1v) is 15.5. The zero-order chi connectivity index (χ0) is 27.2. The van der Waals surface area contributed by atoms with Crippen molar-refractivity contribution in [3.63, 3.8) is 0 Å². The molecule has 1 N–H and O–H groups in total. The van der Waals surface area contributed by atoms with Gasteiger partial charge in [-0.25, -0.2) is 0 Å². The lowest BCUT2D eigenvalue weighted by atomic mass is 9.71. The average molecular weight is 600 g/mol. The highest BCUT2D eigenvalue weighted by molar-refractivity contribution is 9.09. The maximum atomic E-state index is 14.3. The standard InChI is InChI=1S/C28H43BrN2O5S/c1-5-8-9-12-17-36-27(35)21-22-25(33)31(15-10-11-16-32)24(28(22)18-20(29)23(21)37-28)26(34)30(14-7-3)19(4)13-6-2/h5,7,19-24,32H,1,3,6,8-18H2,2,4H3/t19?,20?,21-,22-,23-,24?,28?/m0/s1. The van der Waals surface area contributed by atoms with Gasteiger partial charge in [-0.2, -0.15) is 0 Å². The van der Waals surface area contributed by atoms with E-state index in [9.17, 15) is 19.5 Å². The van der Waals surface area contributed by atoms with Gasteiger partial charge < -0.3 is 19.6 Å². The van der Waals surface area contributed by atoms with Crippen molar-refractivity contribution in [2.24, 2.45) is 11.8 Å². The number of aliphatic hydroxyl groups excluding tert-OH is 1. The first-order chi connectivity index (χ1) is 17.8. The number of ether oxygens (including phenoxy) is 1. The number of hydrogen-bond acceptors (Lipinski definition) is 6. The fourth-order valence-electron chi connectivity index (χ4n) is 6.33. The molecule has 0 radical (unpaired) electrons. The third-order valence-corrected chi connectivity index (χ3v) is 11.2. The van der Waals surface area contributed by atoms with Gasteiger partial charge in [0.25, 0.3) is 0 Å². The maximum absolute atomic E-state index is 14.3. The number of rotatable bonds is 16. The third kappa shape index (κ3) is 5.98. The summed E-state index contributed by atoms with van der Waals surface area (Å²) in [5.41, 5.74) is 0. The largest absolute Gasteiger partial charge is 0.465 e. The molecule has 9 heteroatoms. The van der Waals surface area contributed by atoms with Crippen molar-refractivity contribution in [1.29, 1.82) is 0 Å². The van der Waals surface area contributed by atoms with Crippen LogP contribution in [-0.2, 0) is 19.1 Å². The van der Waals surface area contributed by atoms with Crippen LogP contribution in [0.1, 0.15) is 65.2 Å². The Morgan fingerprint density at radius 2 is 2.05 bits per heavy atom. The Bertz CT molecular complexity index is 856. The van der Waals surface area contributed by atoms with E-state index < -0.39 is 22.6 Å². The molecule has 0 aromatic carbocycles. The number of carbonyl (C=O) groups excluding carboxylic acids is 3. The number of allylic oxidation sites excluding steroid dienone is 1. The van der Waals surface area contributed by atoms with Crippen molar-refractivity contribution in [2.75, 3.05) is 26.3 Å². The molecular formula is C28H43BrN2O5S. The second kappa shape index (κ2) is 13.7. The van der Waals surface area contributed by atoms with Gasteiger partial charge in [0.2, 0.25) is 11.8 Å². The minimum Gasteiger partial charge on any atom is -0.465 e. The number of halogens is 1. The molecule has 208 valence electrons. The Morgan fingerprint density at radius 1 is 1.30 bits per heavy atom. The molecule has 0 aromatic rings. The predicted molar refractivity (Wildman–Crippen MR) is 152 cm³/mol. The number of aliphatic hydroxyl groups is 1. The van der Waals surface area contributed by atoms with Crippen LogP contribution in [0.2, 0.25) is 0 Å². The van der Waals surface area contributed by atoms with Crippen LogP contribution in [0, 0.1) is 11.8 Å². The molecule has 3 aliphatic rings. The molecule has 3 aliphatic heterocycles. The lowest BCUT2D eigenvalue weighted by molar-refractivity contribution is -0.154. The number of fused-ring (bicyclic) bond motifs is 1. The summed E-state index contributed by atoms with van der Waals surface area (Å²) in [5.74, 6) is -1.67. The highest BCUT2D eigenvalue weighted by Gasteiger charge is 2.76. The summed E-state index contributed by atoms with van der Waals surface area (Å²) < 4.78 is 5.02. The SMILES string of the molecule is C=CCCCCOC(=O)[C@H]1[C@H]2C(=O)N(CCCCO)C(C(=O)N(CC=C)C(C)CCC)C23CC(Br)[C@@H]1S3. The zero-order valence-corrected chi connectivity index (χ0v) is 24.7. The van der Waals surface area contributed by atoms with Crippen LogP contribution in [0.15, 0.2) is 25.3 Å². The Morgan fingerprint density at radius 3 is 2.70 bits per heavy atom. The van der Waals surface area contributed by atoms with Gasteiger partial charge in [-0.3, -0.25) is 14.4 Å². The molecule has 0 aromatic heterocycles. The summed E-state index contributed by atoms with van der Waals surface area (Å²) >= 11 is 5.43. The minimum absolute atomic E-state index is 0.0139. The first kappa shape index (κ1) is 30.2. The van der Waals surface area contributed by atoms with E-state index in [1.807, 2.05) is 17.9 Å². The average Bonchev–Trinajstić information content (AvgIpc) is 3.45. The van der Waals surface area contributed by atoms with E-state index in [4.69, 9.17) is 4.74 Å². The highest BCUT2D eigenvalue weighted by atomic mass is 79.9. The summed E-state index contributed by atoms with van der Waals surface area (Å²) in [5, 5.41) is 9.25. The molecule has 2 bridgehead atoms. The topological polar surface area (TPSA) is 87.1 Å². The molecule has 3 saturated heterocycles. The van der Waals surface area contributed by atoms with Crippen molar-refractivity contribution in [3.8, 4) is 0 Å². The Balaban J connectivity index is 1.93. The van der Waals surface area contributed by atoms with Crippen molar-refractivity contribution in [1.82, 2.24) is 9.80 Å². The van der Waals surface area contributed by atoms with E-state index in [1.165, 1.54) is 0 Å². The lowest BCUT2D eigenvalue weighted by Gasteiger charge is -2.39. The van der Waals surface area contributed by atoms with Crippen LogP contribution in [0.3, 0.4) is 0 Å². The number of alkyl halides is 1. The lowest BCUT2D eigenvalue weighted by Crippen LogP contribution is -2.57. The zero-order valence-electron chi connectivity index (χ0n) is 22.3. The van der Waals surface area contributed by atoms with E-state index in [1.54, 1.807) is 22.7 Å². The Hall–Kier alpha value is -1.32. The van der Waals surface area contributed by atoms with Crippen molar-refractivity contribution in [3.05, 3.63) is 25.3 Å². The molecule has 4 unspecified atom stereocenters. The molecule has 7 nitrogen and oxygen atoms in total. The van der Waals surface area contributed by atoms with E-state index in [0.29, 0.717) is 39.0 Å². The number of unbranched alkanes of at least 4 members (excludes halogenated alkanes) is 3. The fraction of sp³-hybridized carbons (Fsp3) is 0.750. The van der Waals surface area contributed by atoms with Gasteiger partial charge in [-0.05, 0) is 51.9 Å². The molecule has 3 rings (SSSR count). The first-order valence-electron chi connectivity index (χ1n) is 13.7. The molecule has 1 spiro atoms. The number of likely N-dealkylation sites (tertiary alicyclic amines) is 1. The molecular weight excluding hydrogens is 556 g/mol. The number of thioether (sulfide) groups is 1. The van der Waals surface area contributed by atoms with Crippen LogP contribution < -0.4 is 0 Å². The summed E-state index contributed by atoms with van der Waals surface area (Å²) in [7, 11) is 0. The quantitative estimate of drug-likeness (QED) is 0.123. The van der Waals surface area contributed by atoms with Crippen LogP contribution in [0.4, 0.5) is 0 Å². The number of amides is 2. The number of esters is 1.